The first-order valence-electron chi connectivity index (χ1n) is 9.41. The summed E-state index contributed by atoms with van der Waals surface area (Å²) >= 11 is 6.33. The maximum absolute atomic E-state index is 12.4. The molecule has 5 nitrogen and oxygen atoms in total. The largest absolute Gasteiger partial charge is 0.488 e. The Hall–Kier alpha value is -2.66. The minimum Gasteiger partial charge on any atom is -0.488 e. The lowest BCUT2D eigenvalue weighted by Gasteiger charge is -2.18. The van der Waals surface area contributed by atoms with Gasteiger partial charge in [0.05, 0.1) is 5.02 Å². The van der Waals surface area contributed by atoms with Crippen LogP contribution in [0.2, 0.25) is 5.02 Å². The Morgan fingerprint density at radius 2 is 1.82 bits per heavy atom. The minimum absolute atomic E-state index is 0.198. The van der Waals surface area contributed by atoms with Crippen LogP contribution in [0.4, 0.5) is 0 Å². The summed E-state index contributed by atoms with van der Waals surface area (Å²) in [6.45, 7) is 2.39. The maximum atomic E-state index is 12.4. The Kier molecular flexibility index (Phi) is 4.20. The van der Waals surface area contributed by atoms with E-state index < -0.39 is 0 Å². The van der Waals surface area contributed by atoms with Gasteiger partial charge < -0.3 is 18.6 Å². The predicted molar refractivity (Wildman–Crippen MR) is 106 cm³/mol. The molecule has 1 aliphatic carbocycles. The lowest BCUT2D eigenvalue weighted by atomic mass is 9.90. The third-order valence-corrected chi connectivity index (χ3v) is 5.87. The van der Waals surface area contributed by atoms with Crippen LogP contribution in [0, 0.1) is 6.92 Å². The van der Waals surface area contributed by atoms with Crippen molar-refractivity contribution in [2.45, 2.75) is 39.2 Å². The number of hydrogen-bond donors (Lipinski definition) is 0. The highest BCUT2D eigenvalue weighted by atomic mass is 35.5. The van der Waals surface area contributed by atoms with Crippen molar-refractivity contribution in [3.8, 4) is 17.2 Å². The molecule has 28 heavy (non-hydrogen) atoms. The van der Waals surface area contributed by atoms with Gasteiger partial charge in [-0.3, -0.25) is 0 Å². The second-order valence-corrected chi connectivity index (χ2v) is 7.61. The molecule has 0 saturated carbocycles. The Morgan fingerprint density at radius 3 is 2.64 bits per heavy atom. The lowest BCUT2D eigenvalue weighted by Crippen LogP contribution is -2.16. The highest BCUT2D eigenvalue weighted by molar-refractivity contribution is 6.31. The zero-order valence-corrected chi connectivity index (χ0v) is 16.2. The summed E-state index contributed by atoms with van der Waals surface area (Å²) < 4.78 is 22.4. The molecule has 0 atom stereocenters. The van der Waals surface area contributed by atoms with Gasteiger partial charge in [0.25, 0.3) is 0 Å². The molecular formula is C22H19ClO5. The van der Waals surface area contributed by atoms with Crippen LogP contribution >= 0.6 is 11.6 Å². The second kappa shape index (κ2) is 6.74. The van der Waals surface area contributed by atoms with E-state index in [0.29, 0.717) is 27.9 Å². The van der Waals surface area contributed by atoms with E-state index in [9.17, 15) is 4.79 Å². The Morgan fingerprint density at radius 1 is 1.07 bits per heavy atom. The molecule has 144 valence electrons. The van der Waals surface area contributed by atoms with Crippen LogP contribution in [0.1, 0.15) is 35.1 Å². The van der Waals surface area contributed by atoms with Crippen LogP contribution in [0.5, 0.6) is 17.2 Å². The summed E-state index contributed by atoms with van der Waals surface area (Å²) in [6, 6.07) is 7.50. The zero-order valence-electron chi connectivity index (χ0n) is 15.5. The number of halogens is 1. The smallest absolute Gasteiger partial charge is 0.339 e. The quantitative estimate of drug-likeness (QED) is 0.585. The van der Waals surface area contributed by atoms with Crippen LogP contribution in [-0.4, -0.2) is 6.79 Å². The van der Waals surface area contributed by atoms with Crippen molar-refractivity contribution in [1.29, 1.82) is 0 Å². The summed E-state index contributed by atoms with van der Waals surface area (Å²) in [5, 5.41) is 1.57. The number of benzene rings is 2. The van der Waals surface area contributed by atoms with Crippen molar-refractivity contribution in [3.05, 3.63) is 62.0 Å². The number of hydrogen-bond acceptors (Lipinski definition) is 5. The Labute approximate surface area is 166 Å². The molecule has 0 fully saturated rings. The third kappa shape index (κ3) is 2.81. The van der Waals surface area contributed by atoms with Gasteiger partial charge in [-0.2, -0.15) is 0 Å². The van der Waals surface area contributed by atoms with Gasteiger partial charge in [-0.15, -0.1) is 0 Å². The summed E-state index contributed by atoms with van der Waals surface area (Å²) in [5.41, 5.74) is 3.98. The third-order valence-electron chi connectivity index (χ3n) is 5.52. The average molecular weight is 399 g/mol. The number of rotatable bonds is 3. The monoisotopic (exact) mass is 398 g/mol. The number of fused-ring (bicyclic) bond motifs is 4. The van der Waals surface area contributed by atoms with Crippen LogP contribution in [0.3, 0.4) is 0 Å². The molecule has 2 aliphatic rings. The fraction of sp³-hybridized carbons (Fsp3) is 0.318. The normalized spacial score (nSPS) is 14.9. The Bertz CT molecular complexity index is 1150. The van der Waals surface area contributed by atoms with Crippen molar-refractivity contribution in [3.63, 3.8) is 0 Å². The van der Waals surface area contributed by atoms with Gasteiger partial charge >= 0.3 is 5.63 Å². The second-order valence-electron chi connectivity index (χ2n) is 7.20. The van der Waals surface area contributed by atoms with Crippen LogP contribution in [-0.2, 0) is 19.4 Å². The van der Waals surface area contributed by atoms with Gasteiger partial charge in [-0.1, -0.05) is 11.6 Å². The van der Waals surface area contributed by atoms with E-state index in [0.717, 1.165) is 53.3 Å². The fourth-order valence-electron chi connectivity index (χ4n) is 4.01. The molecule has 0 radical (unpaired) electrons. The summed E-state index contributed by atoms with van der Waals surface area (Å²) in [6.07, 6.45) is 3.86. The molecule has 0 saturated heterocycles. The summed E-state index contributed by atoms with van der Waals surface area (Å²) in [4.78, 5) is 12.4. The first-order chi connectivity index (χ1) is 13.6. The molecule has 0 spiro atoms. The topological polar surface area (TPSA) is 57.9 Å². The highest BCUT2D eigenvalue weighted by Crippen LogP contribution is 2.38. The molecule has 1 aliphatic heterocycles. The van der Waals surface area contributed by atoms with Crippen molar-refractivity contribution in [1.82, 2.24) is 0 Å². The first-order valence-corrected chi connectivity index (χ1v) is 9.78. The van der Waals surface area contributed by atoms with Crippen molar-refractivity contribution >= 4 is 22.6 Å². The van der Waals surface area contributed by atoms with Crippen molar-refractivity contribution in [2.24, 2.45) is 0 Å². The molecular weight excluding hydrogens is 380 g/mol. The van der Waals surface area contributed by atoms with Crippen LogP contribution in [0.25, 0.3) is 11.0 Å². The Balaban J connectivity index is 1.49. The maximum Gasteiger partial charge on any atom is 0.339 e. The molecule has 2 aromatic carbocycles. The zero-order chi connectivity index (χ0) is 19.3. The highest BCUT2D eigenvalue weighted by Gasteiger charge is 2.21. The molecule has 2 heterocycles. The van der Waals surface area contributed by atoms with E-state index >= 15 is 0 Å². The molecule has 5 rings (SSSR count). The van der Waals surface area contributed by atoms with E-state index in [2.05, 4.69) is 0 Å². The molecule has 0 amide bonds. The van der Waals surface area contributed by atoms with E-state index in [-0.39, 0.29) is 19.0 Å². The van der Waals surface area contributed by atoms with Crippen molar-refractivity contribution in [2.75, 3.05) is 6.79 Å². The molecule has 0 unspecified atom stereocenters. The van der Waals surface area contributed by atoms with E-state index in [1.807, 2.05) is 25.1 Å². The van der Waals surface area contributed by atoms with Crippen LogP contribution < -0.4 is 19.8 Å². The first kappa shape index (κ1) is 17.4. The summed E-state index contributed by atoms with van der Waals surface area (Å²) in [7, 11) is 0. The van der Waals surface area contributed by atoms with E-state index in [1.54, 1.807) is 6.07 Å². The number of ether oxygens (including phenoxy) is 3. The predicted octanol–water partition coefficient (Wildman–Crippen LogP) is 4.94. The average Bonchev–Trinajstić information content (AvgIpc) is 3.15. The van der Waals surface area contributed by atoms with Gasteiger partial charge in [0.2, 0.25) is 6.79 Å². The van der Waals surface area contributed by atoms with Crippen LogP contribution in [0.15, 0.2) is 33.5 Å². The van der Waals surface area contributed by atoms with E-state index in [4.69, 9.17) is 30.2 Å². The molecule has 6 heteroatoms. The lowest BCUT2D eigenvalue weighted by molar-refractivity contribution is 0.174. The number of aryl methyl sites for hydroxylation is 2. The van der Waals surface area contributed by atoms with Gasteiger partial charge in [0.15, 0.2) is 11.5 Å². The van der Waals surface area contributed by atoms with Crippen molar-refractivity contribution < 1.29 is 18.6 Å². The minimum atomic E-state index is -0.221. The molecule has 0 bridgehead atoms. The molecule has 1 aromatic heterocycles. The van der Waals surface area contributed by atoms with Gasteiger partial charge in [-0.25, -0.2) is 4.79 Å². The summed E-state index contributed by atoms with van der Waals surface area (Å²) in [5.74, 6) is 1.97. The van der Waals surface area contributed by atoms with E-state index in [1.165, 1.54) is 0 Å². The standard InChI is InChI=1S/C22H19ClO5/c1-12-18(25-10-13-8-19-20(9-17(13)23)27-11-26-19)7-6-15-14-4-2-3-5-16(14)22(24)28-21(12)15/h6-9H,2-5,10-11H2,1H3. The van der Waals surface area contributed by atoms with Gasteiger partial charge in [0.1, 0.15) is 17.9 Å². The fourth-order valence-corrected chi connectivity index (χ4v) is 4.21. The SMILES string of the molecule is Cc1c(OCc2cc3c(cc2Cl)OCO3)ccc2c3c(c(=O)oc12)CCCC3. The molecule has 3 aromatic rings. The van der Waals surface area contributed by atoms with Gasteiger partial charge in [0, 0.05) is 28.1 Å². The molecule has 0 N–H and O–H groups in total. The van der Waals surface area contributed by atoms with Gasteiger partial charge in [-0.05, 0) is 56.4 Å².